The van der Waals surface area contributed by atoms with E-state index in [1.54, 1.807) is 36.1 Å². The van der Waals surface area contributed by atoms with Crippen LogP contribution >= 0.6 is 0 Å². The van der Waals surface area contributed by atoms with Crippen molar-refractivity contribution in [3.05, 3.63) is 35.4 Å². The number of hydrogen-bond donors (Lipinski definition) is 2. The summed E-state index contributed by atoms with van der Waals surface area (Å²) in [5.41, 5.74) is 0.942. The van der Waals surface area contributed by atoms with Crippen molar-refractivity contribution in [3.8, 4) is 0 Å². The van der Waals surface area contributed by atoms with Gasteiger partial charge in [-0.2, -0.15) is 0 Å². The summed E-state index contributed by atoms with van der Waals surface area (Å²) in [5, 5.41) is 5.89. The Kier molecular flexibility index (Phi) is 8.29. The third-order valence-electron chi connectivity index (χ3n) is 4.75. The van der Waals surface area contributed by atoms with Crippen molar-refractivity contribution < 1.29 is 19.1 Å². The van der Waals surface area contributed by atoms with E-state index in [1.165, 1.54) is 0 Å². The molecule has 0 unspecified atom stereocenters. The number of carbonyl (C=O) groups excluding carboxylic acids is 3. The van der Waals surface area contributed by atoms with Gasteiger partial charge < -0.3 is 20.3 Å². The highest BCUT2D eigenvalue weighted by Gasteiger charge is 2.25. The van der Waals surface area contributed by atoms with Crippen LogP contribution < -0.4 is 10.6 Å². The molecule has 154 valence electrons. The Morgan fingerprint density at radius 3 is 2.39 bits per heavy atom. The van der Waals surface area contributed by atoms with E-state index in [1.807, 2.05) is 0 Å². The summed E-state index contributed by atoms with van der Waals surface area (Å²) >= 11 is 0. The van der Waals surface area contributed by atoms with Gasteiger partial charge in [0.1, 0.15) is 0 Å². The van der Waals surface area contributed by atoms with E-state index >= 15 is 0 Å². The Labute approximate surface area is 166 Å². The summed E-state index contributed by atoms with van der Waals surface area (Å²) in [7, 11) is 0. The van der Waals surface area contributed by atoms with Crippen LogP contribution in [0.25, 0.3) is 0 Å². The molecule has 1 aromatic carbocycles. The summed E-state index contributed by atoms with van der Waals surface area (Å²) in [6.07, 6.45) is 1.97. The number of carbonyl (C=O) groups is 3. The average Bonchev–Trinajstić information content (AvgIpc) is 2.68. The lowest BCUT2D eigenvalue weighted by Crippen LogP contribution is -2.46. The molecule has 3 amide bonds. The zero-order valence-corrected chi connectivity index (χ0v) is 17.0. The monoisotopic (exact) mass is 389 g/mol. The zero-order chi connectivity index (χ0) is 20.5. The molecule has 7 nitrogen and oxygen atoms in total. The predicted molar refractivity (Wildman–Crippen MR) is 107 cm³/mol. The molecule has 0 bridgehead atoms. The first-order chi connectivity index (χ1) is 13.4. The largest absolute Gasteiger partial charge is 0.450 e. The molecule has 0 saturated carbocycles. The molecule has 0 aliphatic carbocycles. The van der Waals surface area contributed by atoms with Crippen molar-refractivity contribution in [1.82, 2.24) is 15.5 Å². The fourth-order valence-corrected chi connectivity index (χ4v) is 3.07. The van der Waals surface area contributed by atoms with Crippen LogP contribution in [0.15, 0.2) is 24.3 Å². The Bertz CT molecular complexity index is 682. The van der Waals surface area contributed by atoms with Gasteiger partial charge in [0.05, 0.1) is 6.61 Å². The summed E-state index contributed by atoms with van der Waals surface area (Å²) in [4.78, 5) is 38.2. The third kappa shape index (κ3) is 6.55. The fourth-order valence-electron chi connectivity index (χ4n) is 3.07. The normalized spacial score (nSPS) is 14.6. The molecule has 1 fully saturated rings. The second kappa shape index (κ2) is 10.7. The van der Waals surface area contributed by atoms with E-state index in [2.05, 4.69) is 24.5 Å². The van der Waals surface area contributed by atoms with Crippen molar-refractivity contribution in [2.24, 2.45) is 5.92 Å². The highest BCUT2D eigenvalue weighted by Crippen LogP contribution is 2.13. The molecule has 1 aliphatic rings. The molecule has 7 heteroatoms. The van der Waals surface area contributed by atoms with Gasteiger partial charge in [-0.15, -0.1) is 0 Å². The van der Waals surface area contributed by atoms with Gasteiger partial charge in [0.2, 0.25) is 0 Å². The maximum absolute atomic E-state index is 12.6. The Balaban J connectivity index is 1.86. The number of amides is 3. The number of ether oxygens (including phenoxy) is 1. The van der Waals surface area contributed by atoms with Gasteiger partial charge in [-0.3, -0.25) is 9.59 Å². The molecule has 1 aromatic rings. The van der Waals surface area contributed by atoms with E-state index < -0.39 is 0 Å². The van der Waals surface area contributed by atoms with Crippen LogP contribution in [0.2, 0.25) is 0 Å². The van der Waals surface area contributed by atoms with Gasteiger partial charge in [0.25, 0.3) is 11.8 Å². The van der Waals surface area contributed by atoms with Crippen LogP contribution in [-0.4, -0.2) is 55.1 Å². The summed E-state index contributed by atoms with van der Waals surface area (Å²) in [6.45, 7) is 8.08. The molecule has 0 spiro atoms. The van der Waals surface area contributed by atoms with Gasteiger partial charge >= 0.3 is 6.09 Å². The molecular formula is C21H31N3O4. The topological polar surface area (TPSA) is 87.7 Å². The van der Waals surface area contributed by atoms with Crippen LogP contribution in [0.1, 0.15) is 60.7 Å². The van der Waals surface area contributed by atoms with Gasteiger partial charge in [-0.05, 0) is 50.3 Å². The smallest absolute Gasteiger partial charge is 0.409 e. The van der Waals surface area contributed by atoms with E-state index in [0.717, 1.165) is 6.42 Å². The van der Waals surface area contributed by atoms with Crippen molar-refractivity contribution in [2.45, 2.75) is 46.1 Å². The molecule has 0 radical (unpaired) electrons. The van der Waals surface area contributed by atoms with E-state index in [9.17, 15) is 14.4 Å². The van der Waals surface area contributed by atoms with Crippen LogP contribution in [-0.2, 0) is 4.74 Å². The molecule has 1 heterocycles. The fraction of sp³-hybridized carbons (Fsp3) is 0.571. The first-order valence-corrected chi connectivity index (χ1v) is 10.0. The lowest BCUT2D eigenvalue weighted by Gasteiger charge is -2.31. The summed E-state index contributed by atoms with van der Waals surface area (Å²) in [5.74, 6) is 0.150. The molecule has 2 N–H and O–H groups in total. The molecule has 1 saturated heterocycles. The zero-order valence-electron chi connectivity index (χ0n) is 17.0. The first kappa shape index (κ1) is 21.7. The van der Waals surface area contributed by atoms with E-state index in [0.29, 0.717) is 56.1 Å². The Morgan fingerprint density at radius 1 is 1.14 bits per heavy atom. The number of likely N-dealkylation sites (tertiary alicyclic amines) is 1. The van der Waals surface area contributed by atoms with Crippen molar-refractivity contribution in [3.63, 3.8) is 0 Å². The minimum absolute atomic E-state index is 0.00157. The number of piperidine rings is 1. The average molecular weight is 389 g/mol. The maximum Gasteiger partial charge on any atom is 0.409 e. The molecule has 0 aromatic heterocycles. The molecule has 28 heavy (non-hydrogen) atoms. The first-order valence-electron chi connectivity index (χ1n) is 10.0. The molecule has 0 atom stereocenters. The quantitative estimate of drug-likeness (QED) is 0.751. The van der Waals surface area contributed by atoms with Gasteiger partial charge in [-0.25, -0.2) is 4.79 Å². The van der Waals surface area contributed by atoms with Gasteiger partial charge in [0, 0.05) is 36.8 Å². The maximum atomic E-state index is 12.6. The SMILES string of the molecule is CCOC(=O)N1CCC(NC(=O)c2cccc(C(=O)NCCC(C)C)c2)CC1. The van der Waals surface area contributed by atoms with Gasteiger partial charge in [-0.1, -0.05) is 19.9 Å². The third-order valence-corrected chi connectivity index (χ3v) is 4.75. The van der Waals surface area contributed by atoms with Crippen LogP contribution in [0.3, 0.4) is 0 Å². The summed E-state index contributed by atoms with van der Waals surface area (Å²) < 4.78 is 5.01. The van der Waals surface area contributed by atoms with Crippen LogP contribution in [0.5, 0.6) is 0 Å². The highest BCUT2D eigenvalue weighted by atomic mass is 16.6. The van der Waals surface area contributed by atoms with E-state index in [-0.39, 0.29) is 23.9 Å². The number of nitrogens with one attached hydrogen (secondary N) is 2. The predicted octanol–water partition coefficient (Wildman–Crippen LogP) is 2.81. The standard InChI is InChI=1S/C21H31N3O4/c1-4-28-21(27)24-12-9-18(10-13-24)23-20(26)17-7-5-6-16(14-17)19(25)22-11-8-15(2)3/h5-7,14-15,18H,4,8-13H2,1-3H3,(H,22,25)(H,23,26). The minimum atomic E-state index is -0.302. The lowest BCUT2D eigenvalue weighted by molar-refractivity contribution is 0.0859. The van der Waals surface area contributed by atoms with Gasteiger partial charge in [0.15, 0.2) is 0 Å². The van der Waals surface area contributed by atoms with Crippen molar-refractivity contribution in [1.29, 1.82) is 0 Å². The van der Waals surface area contributed by atoms with E-state index in [4.69, 9.17) is 4.74 Å². The second-order valence-electron chi connectivity index (χ2n) is 7.45. The van der Waals surface area contributed by atoms with Crippen molar-refractivity contribution >= 4 is 17.9 Å². The molecule has 1 aliphatic heterocycles. The number of hydrogen-bond acceptors (Lipinski definition) is 4. The second-order valence-corrected chi connectivity index (χ2v) is 7.45. The number of benzene rings is 1. The molecular weight excluding hydrogens is 358 g/mol. The number of nitrogens with zero attached hydrogens (tertiary/aromatic N) is 1. The van der Waals surface area contributed by atoms with Crippen molar-refractivity contribution in [2.75, 3.05) is 26.2 Å². The Hall–Kier alpha value is -2.57. The Morgan fingerprint density at radius 2 is 1.79 bits per heavy atom. The summed E-state index contributed by atoms with van der Waals surface area (Å²) in [6, 6.07) is 6.75. The van der Waals surface area contributed by atoms with Crippen LogP contribution in [0, 0.1) is 5.92 Å². The van der Waals surface area contributed by atoms with Crippen LogP contribution in [0.4, 0.5) is 4.79 Å². The lowest BCUT2D eigenvalue weighted by atomic mass is 10.0. The highest BCUT2D eigenvalue weighted by molar-refractivity contribution is 5.99. The minimum Gasteiger partial charge on any atom is -0.450 e. The molecule has 2 rings (SSSR count). The number of rotatable bonds is 7.